The Morgan fingerprint density at radius 3 is 2.72 bits per heavy atom. The molecule has 29 heavy (non-hydrogen) atoms. The van der Waals surface area contributed by atoms with E-state index in [1.807, 2.05) is 12.3 Å². The van der Waals surface area contributed by atoms with Crippen LogP contribution < -0.4 is 0 Å². The summed E-state index contributed by atoms with van der Waals surface area (Å²) in [5.74, 6) is 2.74. The normalized spacial score (nSPS) is 21.2. The van der Waals surface area contributed by atoms with Gasteiger partial charge in [0.05, 0.1) is 12.1 Å². The Morgan fingerprint density at radius 1 is 0.966 bits per heavy atom. The number of rotatable bonds is 5. The fourth-order valence-corrected chi connectivity index (χ4v) is 4.90. The van der Waals surface area contributed by atoms with Crippen molar-refractivity contribution in [3.63, 3.8) is 0 Å². The van der Waals surface area contributed by atoms with Crippen LogP contribution in [0.5, 0.6) is 0 Å². The molecule has 2 saturated heterocycles. The molecule has 0 radical (unpaired) electrons. The Balaban J connectivity index is 1.27. The van der Waals surface area contributed by atoms with E-state index in [0.717, 1.165) is 43.3 Å². The topological polar surface area (TPSA) is 50.1 Å². The minimum Gasteiger partial charge on any atom is -0.317 e. The lowest BCUT2D eigenvalue weighted by Gasteiger charge is -2.32. The van der Waals surface area contributed by atoms with E-state index < -0.39 is 0 Å². The first-order valence-electron chi connectivity index (χ1n) is 10.9. The Morgan fingerprint density at radius 2 is 1.83 bits per heavy atom. The number of hydrogen-bond donors (Lipinski definition) is 0. The predicted molar refractivity (Wildman–Crippen MR) is 115 cm³/mol. The van der Waals surface area contributed by atoms with Crippen LogP contribution in [0.2, 0.25) is 0 Å². The van der Waals surface area contributed by atoms with Gasteiger partial charge in [-0.3, -0.25) is 14.8 Å². The van der Waals surface area contributed by atoms with Crippen molar-refractivity contribution in [3.05, 3.63) is 53.7 Å². The number of nitrogens with zero attached hydrogens (tertiary/aromatic N) is 6. The highest BCUT2D eigenvalue weighted by Gasteiger charge is 2.26. The van der Waals surface area contributed by atoms with Crippen molar-refractivity contribution in [1.29, 1.82) is 0 Å². The number of fused-ring (bicyclic) bond motifs is 1. The fourth-order valence-electron chi connectivity index (χ4n) is 4.90. The molecule has 0 spiro atoms. The molecule has 3 aromatic rings. The number of hydrogen-bond acceptors (Lipinski definition) is 5. The van der Waals surface area contributed by atoms with Crippen molar-refractivity contribution in [2.75, 3.05) is 26.2 Å². The molecule has 2 aromatic heterocycles. The average Bonchev–Trinajstić information content (AvgIpc) is 3.39. The van der Waals surface area contributed by atoms with Crippen LogP contribution in [0.25, 0.3) is 10.9 Å². The van der Waals surface area contributed by atoms with Gasteiger partial charge in [-0.25, -0.2) is 0 Å². The van der Waals surface area contributed by atoms with E-state index in [1.54, 1.807) is 0 Å². The molecule has 6 heteroatoms. The molecular weight excluding hydrogens is 360 g/mol. The van der Waals surface area contributed by atoms with E-state index in [2.05, 4.69) is 60.9 Å². The van der Waals surface area contributed by atoms with Crippen LogP contribution in [0, 0.1) is 0 Å². The first-order chi connectivity index (χ1) is 14.3. The number of pyridine rings is 1. The highest BCUT2D eigenvalue weighted by atomic mass is 15.3. The van der Waals surface area contributed by atoms with Gasteiger partial charge >= 0.3 is 0 Å². The van der Waals surface area contributed by atoms with Crippen molar-refractivity contribution in [2.24, 2.45) is 7.05 Å². The van der Waals surface area contributed by atoms with E-state index in [4.69, 9.17) is 0 Å². The van der Waals surface area contributed by atoms with Gasteiger partial charge in [0.25, 0.3) is 0 Å². The molecule has 152 valence electrons. The van der Waals surface area contributed by atoms with Crippen LogP contribution >= 0.6 is 0 Å². The standard InChI is InChI=1S/C23H30N6/c1-27-22(17-28-11-2-3-12-28)25-26-23(27)20-7-5-13-29(16-20)15-18-8-9-21-19(14-18)6-4-10-24-21/h4,6,8-10,14,20H,2-3,5,7,11-13,15-17H2,1H3. The molecule has 2 aliphatic rings. The summed E-state index contributed by atoms with van der Waals surface area (Å²) >= 11 is 0. The van der Waals surface area contributed by atoms with Crippen LogP contribution in [0.1, 0.15) is 48.8 Å². The van der Waals surface area contributed by atoms with Gasteiger partial charge in [-0.1, -0.05) is 12.1 Å². The van der Waals surface area contributed by atoms with E-state index in [0.29, 0.717) is 5.92 Å². The van der Waals surface area contributed by atoms with Crippen LogP contribution in [0.15, 0.2) is 36.5 Å². The van der Waals surface area contributed by atoms with Crippen molar-refractivity contribution in [1.82, 2.24) is 29.5 Å². The lowest BCUT2D eigenvalue weighted by molar-refractivity contribution is 0.195. The predicted octanol–water partition coefficient (Wildman–Crippen LogP) is 3.34. The highest BCUT2D eigenvalue weighted by Crippen LogP contribution is 2.27. The summed E-state index contributed by atoms with van der Waals surface area (Å²) in [5, 5.41) is 10.4. The maximum atomic E-state index is 4.62. The maximum absolute atomic E-state index is 4.62. The molecule has 0 amide bonds. The molecular formula is C23H30N6. The lowest BCUT2D eigenvalue weighted by atomic mass is 9.96. The second kappa shape index (κ2) is 8.20. The third kappa shape index (κ3) is 4.05. The summed E-state index contributed by atoms with van der Waals surface area (Å²) in [6.07, 6.45) is 6.90. The summed E-state index contributed by atoms with van der Waals surface area (Å²) in [4.78, 5) is 9.50. The van der Waals surface area contributed by atoms with E-state index in [-0.39, 0.29) is 0 Å². The van der Waals surface area contributed by atoms with E-state index in [1.165, 1.54) is 49.7 Å². The molecule has 5 rings (SSSR count). The molecule has 0 N–H and O–H groups in total. The molecule has 2 fully saturated rings. The Bertz CT molecular complexity index is 974. The molecule has 2 aliphatic heterocycles. The second-order valence-electron chi connectivity index (χ2n) is 8.62. The van der Waals surface area contributed by atoms with Gasteiger partial charge in [0.2, 0.25) is 0 Å². The molecule has 0 saturated carbocycles. The SMILES string of the molecule is Cn1c(CN2CCCC2)nnc1C1CCCN(Cc2ccc3ncccc3c2)C1. The van der Waals surface area contributed by atoms with Gasteiger partial charge in [0, 0.05) is 37.6 Å². The smallest absolute Gasteiger partial charge is 0.146 e. The van der Waals surface area contributed by atoms with Gasteiger partial charge in [-0.15, -0.1) is 10.2 Å². The van der Waals surface area contributed by atoms with Crippen LogP contribution in [-0.4, -0.2) is 55.7 Å². The van der Waals surface area contributed by atoms with E-state index in [9.17, 15) is 0 Å². The number of aromatic nitrogens is 4. The lowest BCUT2D eigenvalue weighted by Crippen LogP contribution is -2.35. The highest BCUT2D eigenvalue weighted by molar-refractivity contribution is 5.78. The molecule has 1 atom stereocenters. The molecule has 1 aromatic carbocycles. The summed E-state index contributed by atoms with van der Waals surface area (Å²) < 4.78 is 2.26. The minimum absolute atomic E-state index is 0.468. The number of likely N-dealkylation sites (tertiary alicyclic amines) is 2. The van der Waals surface area contributed by atoms with Gasteiger partial charge in [-0.2, -0.15) is 0 Å². The Labute approximate surface area is 172 Å². The molecule has 0 bridgehead atoms. The van der Waals surface area contributed by atoms with E-state index >= 15 is 0 Å². The third-order valence-corrected chi connectivity index (χ3v) is 6.51. The van der Waals surface area contributed by atoms with Crippen LogP contribution in [0.4, 0.5) is 0 Å². The van der Waals surface area contributed by atoms with Crippen molar-refractivity contribution < 1.29 is 0 Å². The maximum Gasteiger partial charge on any atom is 0.146 e. The van der Waals surface area contributed by atoms with Crippen molar-refractivity contribution in [3.8, 4) is 0 Å². The zero-order valence-corrected chi connectivity index (χ0v) is 17.3. The number of piperidine rings is 1. The average molecular weight is 391 g/mol. The minimum atomic E-state index is 0.468. The summed E-state index contributed by atoms with van der Waals surface area (Å²) in [7, 11) is 2.15. The summed E-state index contributed by atoms with van der Waals surface area (Å²) in [6, 6.07) is 10.8. The molecule has 0 aliphatic carbocycles. The van der Waals surface area contributed by atoms with Crippen molar-refractivity contribution in [2.45, 2.75) is 44.7 Å². The zero-order chi connectivity index (χ0) is 19.6. The molecule has 4 heterocycles. The summed E-state index contributed by atoms with van der Waals surface area (Å²) in [5.41, 5.74) is 2.43. The van der Waals surface area contributed by atoms with Crippen LogP contribution in [-0.2, 0) is 20.1 Å². The van der Waals surface area contributed by atoms with Crippen LogP contribution in [0.3, 0.4) is 0 Å². The first kappa shape index (κ1) is 18.7. The van der Waals surface area contributed by atoms with Crippen molar-refractivity contribution >= 4 is 10.9 Å². The third-order valence-electron chi connectivity index (χ3n) is 6.51. The molecule has 1 unspecified atom stereocenters. The fraction of sp³-hybridized carbons (Fsp3) is 0.522. The zero-order valence-electron chi connectivity index (χ0n) is 17.3. The largest absolute Gasteiger partial charge is 0.317 e. The van der Waals surface area contributed by atoms with Gasteiger partial charge in [-0.05, 0) is 69.1 Å². The quantitative estimate of drug-likeness (QED) is 0.669. The second-order valence-corrected chi connectivity index (χ2v) is 8.62. The first-order valence-corrected chi connectivity index (χ1v) is 10.9. The van der Waals surface area contributed by atoms with Gasteiger partial charge in [0.15, 0.2) is 0 Å². The number of benzene rings is 1. The molecule has 6 nitrogen and oxygen atoms in total. The Kier molecular flexibility index (Phi) is 5.29. The van der Waals surface area contributed by atoms with Gasteiger partial charge < -0.3 is 4.57 Å². The summed E-state index contributed by atoms with van der Waals surface area (Å²) in [6.45, 7) is 6.52. The monoisotopic (exact) mass is 390 g/mol. The Hall–Kier alpha value is -2.31. The van der Waals surface area contributed by atoms with Gasteiger partial charge in [0.1, 0.15) is 11.6 Å².